The third kappa shape index (κ3) is 16.2. The number of hydrogen-bond acceptors (Lipinski definition) is 10. The molecule has 1 aromatic rings. The van der Waals surface area contributed by atoms with Crippen LogP contribution in [0.3, 0.4) is 0 Å². The van der Waals surface area contributed by atoms with Gasteiger partial charge < -0.3 is 40.0 Å². The van der Waals surface area contributed by atoms with Crippen molar-refractivity contribution < 1.29 is 43.2 Å². The predicted molar refractivity (Wildman–Crippen MR) is 184 cm³/mol. The summed E-state index contributed by atoms with van der Waals surface area (Å²) in [6, 6.07) is 6.85. The fourth-order valence-electron chi connectivity index (χ4n) is 5.69. The summed E-state index contributed by atoms with van der Waals surface area (Å²) in [5, 5.41) is 21.7. The Bertz CT molecular complexity index is 1120. The number of carbonyl (C=O) groups is 4. The summed E-state index contributed by atoms with van der Waals surface area (Å²) in [7, 11) is 2.99. The normalized spacial score (nSPS) is 16.0. The van der Waals surface area contributed by atoms with Gasteiger partial charge in [0, 0.05) is 27.3 Å². The molecule has 0 radical (unpaired) electrons. The maximum Gasteiger partial charge on any atom is 0.407 e. The summed E-state index contributed by atoms with van der Waals surface area (Å²) in [5.74, 6) is -1.16. The fourth-order valence-corrected chi connectivity index (χ4v) is 5.69. The first-order chi connectivity index (χ1) is 23.4. The zero-order valence-electron chi connectivity index (χ0n) is 30.1. The largest absolute Gasteiger partial charge is 0.447 e. The molecule has 1 saturated carbocycles. The van der Waals surface area contributed by atoms with E-state index in [1.165, 1.54) is 14.2 Å². The van der Waals surface area contributed by atoms with Crippen molar-refractivity contribution in [3.63, 3.8) is 0 Å². The van der Waals surface area contributed by atoms with Crippen molar-refractivity contribution in [2.24, 2.45) is 17.8 Å². The molecule has 0 heterocycles. The van der Waals surface area contributed by atoms with Gasteiger partial charge in [-0.15, -0.1) is 0 Å². The van der Waals surface area contributed by atoms with Crippen LogP contribution in [0.5, 0.6) is 0 Å². The first-order valence-corrected chi connectivity index (χ1v) is 17.4. The van der Waals surface area contributed by atoms with Crippen molar-refractivity contribution in [3.05, 3.63) is 35.9 Å². The van der Waals surface area contributed by atoms with E-state index in [9.17, 15) is 24.3 Å². The molecule has 14 heteroatoms. The lowest BCUT2D eigenvalue weighted by atomic mass is 9.89. The predicted octanol–water partition coefficient (Wildman–Crippen LogP) is 2.78. The maximum absolute atomic E-state index is 13.6. The highest BCUT2D eigenvalue weighted by atomic mass is 16.6. The third-order valence-electron chi connectivity index (χ3n) is 8.46. The zero-order chi connectivity index (χ0) is 36.2. The molecular weight excluding hydrogens is 634 g/mol. The first-order valence-electron chi connectivity index (χ1n) is 17.4. The molecular formula is C35H59N5O9. The van der Waals surface area contributed by atoms with Crippen LogP contribution in [0.15, 0.2) is 30.3 Å². The molecule has 0 saturated heterocycles. The standard InChI is InChI=1S/C35H59N5O9/c1-24(2)30(37-34(44)48-19-17-46-5)32(42)36-28(21-26-13-9-7-10-14-26)29(41)23-40(22-27-15-11-8-12-16-27)39-33(43)31(25(3)4)38-35(45)49-20-18-47-6/h7,9-10,13-14,24-25,27-31,41H,8,11-12,15-23H2,1-6H3,(H,36,42)(H,37,44)(H,38,45)(H,39,43)/t28-,29-,30-,31-/m0/s1. The molecule has 5 N–H and O–H groups in total. The molecule has 1 aliphatic rings. The second-order valence-corrected chi connectivity index (χ2v) is 13.2. The number of carbonyl (C=O) groups excluding carboxylic acids is 4. The van der Waals surface area contributed by atoms with Crippen LogP contribution < -0.4 is 21.4 Å². The Labute approximate surface area is 291 Å². The molecule has 1 fully saturated rings. The molecule has 4 amide bonds. The Balaban J connectivity index is 2.27. The van der Waals surface area contributed by atoms with Crippen molar-refractivity contribution >= 4 is 24.0 Å². The minimum absolute atomic E-state index is 0.00194. The topological polar surface area (TPSA) is 177 Å². The molecule has 49 heavy (non-hydrogen) atoms. The maximum atomic E-state index is 13.6. The number of aliphatic hydroxyl groups excluding tert-OH is 1. The van der Waals surface area contributed by atoms with Crippen LogP contribution in [0.4, 0.5) is 9.59 Å². The Hall–Kier alpha value is -3.46. The van der Waals surface area contributed by atoms with Gasteiger partial charge in [0.05, 0.1) is 25.4 Å². The minimum Gasteiger partial charge on any atom is -0.447 e. The summed E-state index contributed by atoms with van der Waals surface area (Å²) in [6.07, 6.45) is 3.01. The van der Waals surface area contributed by atoms with Crippen molar-refractivity contribution in [1.82, 2.24) is 26.4 Å². The van der Waals surface area contributed by atoms with Crippen LogP contribution in [0.2, 0.25) is 0 Å². The highest BCUT2D eigenvalue weighted by Gasteiger charge is 2.33. The molecule has 0 aliphatic heterocycles. The lowest BCUT2D eigenvalue weighted by Gasteiger charge is -2.35. The monoisotopic (exact) mass is 693 g/mol. The van der Waals surface area contributed by atoms with Gasteiger partial charge in [0.2, 0.25) is 5.91 Å². The Morgan fingerprint density at radius 3 is 1.82 bits per heavy atom. The van der Waals surface area contributed by atoms with Gasteiger partial charge >= 0.3 is 12.2 Å². The van der Waals surface area contributed by atoms with Gasteiger partial charge in [0.25, 0.3) is 5.91 Å². The van der Waals surface area contributed by atoms with Crippen LogP contribution in [0.1, 0.15) is 65.4 Å². The molecule has 2 rings (SSSR count). The number of ether oxygens (including phenoxy) is 4. The summed E-state index contributed by atoms with van der Waals surface area (Å²) in [4.78, 5) is 52.1. The molecule has 0 aromatic heterocycles. The summed E-state index contributed by atoms with van der Waals surface area (Å²) < 4.78 is 20.1. The van der Waals surface area contributed by atoms with E-state index in [0.717, 1.165) is 37.7 Å². The quantitative estimate of drug-likeness (QED) is 0.0951. The van der Waals surface area contributed by atoms with Crippen LogP contribution in [0.25, 0.3) is 0 Å². The van der Waals surface area contributed by atoms with Gasteiger partial charge in [0.1, 0.15) is 25.3 Å². The van der Waals surface area contributed by atoms with E-state index in [4.69, 9.17) is 18.9 Å². The van der Waals surface area contributed by atoms with Crippen LogP contribution in [0, 0.1) is 17.8 Å². The Morgan fingerprint density at radius 2 is 1.31 bits per heavy atom. The van der Waals surface area contributed by atoms with Gasteiger partial charge in [-0.1, -0.05) is 77.3 Å². The minimum atomic E-state index is -1.13. The van der Waals surface area contributed by atoms with E-state index in [0.29, 0.717) is 18.9 Å². The lowest BCUT2D eigenvalue weighted by Crippen LogP contribution is -2.60. The smallest absolute Gasteiger partial charge is 0.407 e. The molecule has 14 nitrogen and oxygen atoms in total. The number of nitrogens with zero attached hydrogens (tertiary/aromatic N) is 1. The third-order valence-corrected chi connectivity index (χ3v) is 8.46. The number of alkyl carbamates (subject to hydrolysis) is 2. The number of amides is 4. The SMILES string of the molecule is COCCOC(=O)N[C@H](C(=O)N[C@@H](Cc1ccccc1)[C@@H](O)CN(CC1CCCCC1)NC(=O)[C@@H](NC(=O)OCCOC)C(C)C)C(C)C. The number of hydrazine groups is 1. The van der Waals surface area contributed by atoms with Crippen molar-refractivity contribution in [2.45, 2.75) is 90.4 Å². The molecule has 1 aromatic carbocycles. The Kier molecular flexibility index (Phi) is 19.6. The van der Waals surface area contributed by atoms with Gasteiger partial charge in [0.15, 0.2) is 0 Å². The van der Waals surface area contributed by atoms with Crippen LogP contribution in [-0.4, -0.2) is 112 Å². The number of hydrogen-bond donors (Lipinski definition) is 5. The van der Waals surface area contributed by atoms with Crippen molar-refractivity contribution in [2.75, 3.05) is 53.7 Å². The number of aliphatic hydroxyl groups is 1. The molecule has 278 valence electrons. The van der Waals surface area contributed by atoms with Crippen molar-refractivity contribution in [3.8, 4) is 0 Å². The van der Waals surface area contributed by atoms with E-state index in [1.807, 2.05) is 44.2 Å². The number of nitrogens with one attached hydrogen (secondary N) is 4. The van der Waals surface area contributed by atoms with E-state index >= 15 is 0 Å². The number of benzene rings is 1. The fraction of sp³-hybridized carbons (Fsp3) is 0.714. The second-order valence-electron chi connectivity index (χ2n) is 13.2. The van der Waals surface area contributed by atoms with Gasteiger partial charge in [-0.2, -0.15) is 0 Å². The average molecular weight is 694 g/mol. The number of methoxy groups -OCH3 is 2. The van der Waals surface area contributed by atoms with E-state index in [2.05, 4.69) is 21.4 Å². The summed E-state index contributed by atoms with van der Waals surface area (Å²) >= 11 is 0. The molecule has 1 aliphatic carbocycles. The molecule has 0 bridgehead atoms. The van der Waals surface area contributed by atoms with Crippen LogP contribution >= 0.6 is 0 Å². The molecule has 0 spiro atoms. The van der Waals surface area contributed by atoms with E-state index in [-0.39, 0.29) is 44.8 Å². The summed E-state index contributed by atoms with van der Waals surface area (Å²) in [5.41, 5.74) is 3.84. The van der Waals surface area contributed by atoms with Crippen molar-refractivity contribution in [1.29, 1.82) is 0 Å². The summed E-state index contributed by atoms with van der Waals surface area (Å²) in [6.45, 7) is 8.26. The lowest BCUT2D eigenvalue weighted by molar-refractivity contribution is -0.131. The first kappa shape index (κ1) is 41.7. The van der Waals surface area contributed by atoms with Gasteiger partial charge in [-0.3, -0.25) is 15.0 Å². The molecule has 0 unspecified atom stereocenters. The van der Waals surface area contributed by atoms with E-state index in [1.54, 1.807) is 18.9 Å². The van der Waals surface area contributed by atoms with Crippen LogP contribution in [-0.2, 0) is 35.0 Å². The van der Waals surface area contributed by atoms with Gasteiger partial charge in [-0.25, -0.2) is 14.6 Å². The highest BCUT2D eigenvalue weighted by Crippen LogP contribution is 2.24. The van der Waals surface area contributed by atoms with E-state index < -0.39 is 48.2 Å². The highest BCUT2D eigenvalue weighted by molar-refractivity contribution is 5.86. The molecule has 4 atom stereocenters. The average Bonchev–Trinajstić information content (AvgIpc) is 3.06. The second kappa shape index (κ2) is 23.0. The van der Waals surface area contributed by atoms with Gasteiger partial charge in [-0.05, 0) is 42.6 Å². The number of rotatable bonds is 21. The zero-order valence-corrected chi connectivity index (χ0v) is 30.1. The Morgan fingerprint density at radius 1 is 0.776 bits per heavy atom.